The fraction of sp³-hybridized carbons (Fsp3) is 0.0857. The monoisotopic (exact) mass is 461 g/mol. The van der Waals surface area contributed by atoms with Gasteiger partial charge < -0.3 is 4.90 Å². The van der Waals surface area contributed by atoms with E-state index in [-0.39, 0.29) is 5.41 Å². The van der Waals surface area contributed by atoms with Crippen LogP contribution in [0.1, 0.15) is 25.0 Å². The molecule has 0 heterocycles. The fourth-order valence-corrected chi connectivity index (χ4v) is 6.06. The van der Waals surface area contributed by atoms with Crippen LogP contribution in [0.4, 0.5) is 17.1 Å². The van der Waals surface area contributed by atoms with Crippen molar-refractivity contribution in [2.24, 2.45) is 0 Å². The lowest BCUT2D eigenvalue weighted by Crippen LogP contribution is -2.15. The van der Waals surface area contributed by atoms with Crippen molar-refractivity contribution < 1.29 is 0 Å². The lowest BCUT2D eigenvalue weighted by molar-refractivity contribution is 0.661. The van der Waals surface area contributed by atoms with Crippen LogP contribution in [0.2, 0.25) is 0 Å². The highest BCUT2D eigenvalue weighted by Crippen LogP contribution is 2.51. The highest BCUT2D eigenvalue weighted by Gasteiger charge is 2.35. The number of hydrogen-bond acceptors (Lipinski definition) is 1. The Morgan fingerprint density at radius 2 is 1.14 bits per heavy atom. The van der Waals surface area contributed by atoms with Gasteiger partial charge in [-0.25, -0.2) is 0 Å². The van der Waals surface area contributed by atoms with E-state index in [1.165, 1.54) is 49.5 Å². The predicted octanol–water partition coefficient (Wildman–Crippen LogP) is 9.77. The van der Waals surface area contributed by atoms with Crippen LogP contribution in [0, 0.1) is 0 Å². The maximum Gasteiger partial charge on any atom is 0.0546 e. The molecule has 36 heavy (non-hydrogen) atoms. The van der Waals surface area contributed by atoms with Crippen LogP contribution in [-0.2, 0) is 5.41 Å². The number of nitrogens with zero attached hydrogens (tertiary/aromatic N) is 1. The first-order valence-corrected chi connectivity index (χ1v) is 12.6. The maximum atomic E-state index is 2.46. The molecule has 172 valence electrons. The lowest BCUT2D eigenvalue weighted by atomic mass is 9.81. The van der Waals surface area contributed by atoms with Crippen LogP contribution in [0.15, 0.2) is 127 Å². The molecule has 1 nitrogen and oxygen atoms in total. The summed E-state index contributed by atoms with van der Waals surface area (Å²) in [4.78, 5) is 2.38. The first kappa shape index (κ1) is 21.0. The Labute approximate surface area is 212 Å². The van der Waals surface area contributed by atoms with E-state index < -0.39 is 0 Å². The van der Waals surface area contributed by atoms with Gasteiger partial charge in [-0.1, -0.05) is 98.8 Å². The fourth-order valence-electron chi connectivity index (χ4n) is 6.06. The summed E-state index contributed by atoms with van der Waals surface area (Å²) in [6.45, 7) is 4.71. The number of hydrogen-bond donors (Lipinski definition) is 0. The molecule has 0 unspecified atom stereocenters. The topological polar surface area (TPSA) is 3.24 Å². The van der Waals surface area contributed by atoms with E-state index in [0.717, 1.165) is 11.4 Å². The van der Waals surface area contributed by atoms with E-state index in [1.54, 1.807) is 0 Å². The van der Waals surface area contributed by atoms with Gasteiger partial charge in [-0.15, -0.1) is 0 Å². The van der Waals surface area contributed by atoms with Crippen molar-refractivity contribution in [1.29, 1.82) is 0 Å². The van der Waals surface area contributed by atoms with Gasteiger partial charge in [0.1, 0.15) is 0 Å². The van der Waals surface area contributed by atoms with Gasteiger partial charge in [0.25, 0.3) is 0 Å². The SMILES string of the molecule is CC1(C)c2ccccc2-c2cc3ccc4cccc(N(c5ccccc5)c5ccccc5)c4c3cc21. The second-order valence-corrected chi connectivity index (χ2v) is 10.2. The third kappa shape index (κ3) is 3.03. The molecule has 1 heteroatoms. The van der Waals surface area contributed by atoms with E-state index in [4.69, 9.17) is 0 Å². The van der Waals surface area contributed by atoms with Crippen LogP contribution >= 0.6 is 0 Å². The predicted molar refractivity (Wildman–Crippen MR) is 154 cm³/mol. The first-order valence-electron chi connectivity index (χ1n) is 12.6. The molecule has 0 saturated carbocycles. The molecule has 0 aromatic heterocycles. The molecular formula is C35H27N. The quantitative estimate of drug-likeness (QED) is 0.237. The molecule has 1 aliphatic rings. The summed E-state index contributed by atoms with van der Waals surface area (Å²) in [5, 5.41) is 5.13. The molecule has 0 atom stereocenters. The van der Waals surface area contributed by atoms with Crippen molar-refractivity contribution in [1.82, 2.24) is 0 Å². The highest BCUT2D eigenvalue weighted by atomic mass is 15.1. The normalized spacial score (nSPS) is 13.5. The molecule has 1 aliphatic carbocycles. The van der Waals surface area contributed by atoms with Gasteiger partial charge in [-0.05, 0) is 80.9 Å². The average Bonchev–Trinajstić information content (AvgIpc) is 3.15. The zero-order chi connectivity index (χ0) is 24.3. The number of rotatable bonds is 3. The molecule has 6 aromatic carbocycles. The standard InChI is InChI=1S/C35H27N/c1-35(2)31-18-10-9-17-28(31)30-22-25-21-20-24-12-11-19-33(34(24)29(25)23-32(30)35)36(26-13-5-3-6-14-26)27-15-7-4-8-16-27/h3-23H,1-2H3. The smallest absolute Gasteiger partial charge is 0.0546 e. The molecular weight excluding hydrogens is 434 g/mol. The van der Waals surface area contributed by atoms with Gasteiger partial charge in [-0.2, -0.15) is 0 Å². The summed E-state index contributed by atoms with van der Waals surface area (Å²) < 4.78 is 0. The van der Waals surface area contributed by atoms with Crippen molar-refractivity contribution in [2.75, 3.05) is 4.90 Å². The number of benzene rings is 6. The molecule has 0 aliphatic heterocycles. The summed E-state index contributed by atoms with van der Waals surface area (Å²) in [7, 11) is 0. The van der Waals surface area contributed by atoms with Crippen molar-refractivity contribution in [2.45, 2.75) is 19.3 Å². The molecule has 0 N–H and O–H groups in total. The Hall–Kier alpha value is -4.36. The second-order valence-electron chi connectivity index (χ2n) is 10.2. The van der Waals surface area contributed by atoms with Gasteiger partial charge in [-0.3, -0.25) is 0 Å². The van der Waals surface area contributed by atoms with Crippen LogP contribution in [0.25, 0.3) is 32.7 Å². The minimum atomic E-state index is -0.0320. The molecule has 0 amide bonds. The van der Waals surface area contributed by atoms with E-state index in [0.29, 0.717) is 0 Å². The van der Waals surface area contributed by atoms with E-state index in [9.17, 15) is 0 Å². The van der Waals surface area contributed by atoms with Crippen LogP contribution in [0.5, 0.6) is 0 Å². The Morgan fingerprint density at radius 1 is 0.500 bits per heavy atom. The third-order valence-corrected chi connectivity index (χ3v) is 7.81. The van der Waals surface area contributed by atoms with E-state index >= 15 is 0 Å². The molecule has 0 radical (unpaired) electrons. The van der Waals surface area contributed by atoms with Crippen molar-refractivity contribution >= 4 is 38.6 Å². The second kappa shape index (κ2) is 7.83. The highest BCUT2D eigenvalue weighted by molar-refractivity contribution is 6.16. The summed E-state index contributed by atoms with van der Waals surface area (Å²) in [6, 6.07) is 46.3. The van der Waals surface area contributed by atoms with Crippen LogP contribution in [-0.4, -0.2) is 0 Å². The maximum absolute atomic E-state index is 2.46. The third-order valence-electron chi connectivity index (χ3n) is 7.81. The Balaban J connectivity index is 1.56. The minimum Gasteiger partial charge on any atom is -0.310 e. The Kier molecular flexibility index (Phi) is 4.56. The molecule has 0 spiro atoms. The zero-order valence-corrected chi connectivity index (χ0v) is 20.6. The zero-order valence-electron chi connectivity index (χ0n) is 20.6. The average molecular weight is 462 g/mol. The summed E-state index contributed by atoms with van der Waals surface area (Å²) in [6.07, 6.45) is 0. The summed E-state index contributed by atoms with van der Waals surface area (Å²) in [5.41, 5.74) is 9.02. The summed E-state index contributed by atoms with van der Waals surface area (Å²) >= 11 is 0. The number of para-hydroxylation sites is 2. The van der Waals surface area contributed by atoms with Crippen molar-refractivity contribution in [3.8, 4) is 11.1 Å². The minimum absolute atomic E-state index is 0.0320. The molecule has 0 saturated heterocycles. The number of fused-ring (bicyclic) bond motifs is 6. The van der Waals surface area contributed by atoms with Crippen LogP contribution < -0.4 is 4.90 Å². The Morgan fingerprint density at radius 3 is 1.86 bits per heavy atom. The Bertz CT molecular complexity index is 1710. The van der Waals surface area contributed by atoms with Gasteiger partial charge >= 0.3 is 0 Å². The van der Waals surface area contributed by atoms with Gasteiger partial charge in [0.2, 0.25) is 0 Å². The molecule has 0 fully saturated rings. The van der Waals surface area contributed by atoms with E-state index in [2.05, 4.69) is 146 Å². The summed E-state index contributed by atoms with van der Waals surface area (Å²) in [5.74, 6) is 0. The van der Waals surface area contributed by atoms with Gasteiger partial charge in [0.15, 0.2) is 0 Å². The van der Waals surface area contributed by atoms with Crippen molar-refractivity contribution in [3.63, 3.8) is 0 Å². The van der Waals surface area contributed by atoms with Crippen molar-refractivity contribution in [3.05, 3.63) is 139 Å². The molecule has 7 rings (SSSR count). The number of anilines is 3. The van der Waals surface area contributed by atoms with Gasteiger partial charge in [0, 0.05) is 22.2 Å². The largest absolute Gasteiger partial charge is 0.310 e. The van der Waals surface area contributed by atoms with Crippen LogP contribution in [0.3, 0.4) is 0 Å². The first-order chi connectivity index (χ1) is 17.6. The van der Waals surface area contributed by atoms with Gasteiger partial charge in [0.05, 0.1) is 5.69 Å². The van der Waals surface area contributed by atoms with E-state index in [1.807, 2.05) is 0 Å². The molecule has 0 bridgehead atoms. The molecule has 6 aromatic rings. The lowest BCUT2D eigenvalue weighted by Gasteiger charge is -2.27.